The van der Waals surface area contributed by atoms with E-state index >= 15 is 0 Å². The van der Waals surface area contributed by atoms with Crippen LogP contribution in [-0.2, 0) is 10.8 Å². The lowest BCUT2D eigenvalue weighted by Gasteiger charge is -2.27. The standard InChI is InChI=1S/C34H30O8/c1-33(2,23-13-15-25(29(35)36)27(17-23)31(39)40)21-9-5-19(6-10-21)20-7-11-22(12-8-20)34(3,4)24-14-16-26(30(37)38)28(18-24)32(41)42/h5-18H,1-4H3,(H,35,36)(H,37,38)(H,39,40)(H,41,42). The van der Waals surface area contributed by atoms with Crippen molar-refractivity contribution < 1.29 is 39.6 Å². The predicted octanol–water partition coefficient (Wildman–Crippen LogP) is 6.80. The normalized spacial score (nSPS) is 11.6. The number of aromatic carboxylic acids is 4. The van der Waals surface area contributed by atoms with Gasteiger partial charge in [-0.3, -0.25) is 0 Å². The van der Waals surface area contributed by atoms with Crippen LogP contribution in [0.4, 0.5) is 0 Å². The largest absolute Gasteiger partial charge is 0.478 e. The van der Waals surface area contributed by atoms with Gasteiger partial charge in [0.15, 0.2) is 0 Å². The van der Waals surface area contributed by atoms with Crippen LogP contribution >= 0.6 is 0 Å². The molecule has 42 heavy (non-hydrogen) atoms. The highest BCUT2D eigenvalue weighted by Gasteiger charge is 2.28. The number of benzene rings is 4. The van der Waals surface area contributed by atoms with Crippen LogP contribution < -0.4 is 0 Å². The second-order valence-corrected chi connectivity index (χ2v) is 11.1. The second kappa shape index (κ2) is 11.0. The Morgan fingerprint density at radius 3 is 0.929 bits per heavy atom. The van der Waals surface area contributed by atoms with Gasteiger partial charge in [-0.15, -0.1) is 0 Å². The number of hydrogen-bond donors (Lipinski definition) is 4. The molecule has 4 rings (SSSR count). The van der Waals surface area contributed by atoms with E-state index in [1.807, 2.05) is 76.2 Å². The summed E-state index contributed by atoms with van der Waals surface area (Å²) >= 11 is 0. The van der Waals surface area contributed by atoms with Crippen LogP contribution in [0.5, 0.6) is 0 Å². The summed E-state index contributed by atoms with van der Waals surface area (Å²) in [6, 6.07) is 24.4. The molecule has 0 saturated carbocycles. The molecule has 0 unspecified atom stereocenters. The van der Waals surface area contributed by atoms with Crippen molar-refractivity contribution in [3.05, 3.63) is 129 Å². The van der Waals surface area contributed by atoms with E-state index < -0.39 is 34.7 Å². The zero-order chi connectivity index (χ0) is 31.0. The van der Waals surface area contributed by atoms with Crippen molar-refractivity contribution in [2.45, 2.75) is 38.5 Å². The van der Waals surface area contributed by atoms with E-state index in [-0.39, 0.29) is 22.3 Å². The highest BCUT2D eigenvalue weighted by molar-refractivity contribution is 6.02. The fourth-order valence-corrected chi connectivity index (χ4v) is 5.08. The molecule has 0 aliphatic heterocycles. The Labute approximate surface area is 242 Å². The molecule has 0 heterocycles. The third-order valence-corrected chi connectivity index (χ3v) is 7.95. The van der Waals surface area contributed by atoms with Crippen molar-refractivity contribution in [3.8, 4) is 11.1 Å². The minimum atomic E-state index is -1.30. The van der Waals surface area contributed by atoms with Gasteiger partial charge in [-0.2, -0.15) is 0 Å². The lowest BCUT2D eigenvalue weighted by Crippen LogP contribution is -2.21. The SMILES string of the molecule is CC(C)(c1ccc(-c2ccc(C(C)(C)c3ccc(C(=O)O)c(C(=O)O)c3)cc2)cc1)c1ccc(C(=O)O)c(C(=O)O)c1. The maximum Gasteiger partial charge on any atom is 0.336 e. The molecule has 4 aromatic carbocycles. The second-order valence-electron chi connectivity index (χ2n) is 11.1. The van der Waals surface area contributed by atoms with E-state index in [1.165, 1.54) is 24.3 Å². The van der Waals surface area contributed by atoms with Gasteiger partial charge >= 0.3 is 23.9 Å². The molecule has 0 aliphatic carbocycles. The van der Waals surface area contributed by atoms with Crippen LogP contribution in [0.3, 0.4) is 0 Å². The van der Waals surface area contributed by atoms with Gasteiger partial charge in [-0.25, -0.2) is 19.2 Å². The Kier molecular flexibility index (Phi) is 7.77. The summed E-state index contributed by atoms with van der Waals surface area (Å²) in [5.41, 5.74) is 2.85. The molecule has 0 bridgehead atoms. The summed E-state index contributed by atoms with van der Waals surface area (Å²) in [5, 5.41) is 37.7. The van der Waals surface area contributed by atoms with E-state index in [2.05, 4.69) is 0 Å². The van der Waals surface area contributed by atoms with Gasteiger partial charge in [0, 0.05) is 10.8 Å². The van der Waals surface area contributed by atoms with E-state index in [0.717, 1.165) is 22.3 Å². The first-order chi connectivity index (χ1) is 19.6. The summed E-state index contributed by atoms with van der Waals surface area (Å²) in [6.07, 6.45) is 0. The van der Waals surface area contributed by atoms with Crippen LogP contribution in [0.15, 0.2) is 84.9 Å². The first kappa shape index (κ1) is 29.7. The number of carboxylic acid groups (broad SMARTS) is 4. The molecule has 214 valence electrons. The molecule has 0 amide bonds. The van der Waals surface area contributed by atoms with Crippen LogP contribution in [0.25, 0.3) is 11.1 Å². The Balaban J connectivity index is 1.61. The summed E-state index contributed by atoms with van der Waals surface area (Å²) in [6.45, 7) is 7.77. The van der Waals surface area contributed by atoms with E-state index in [1.54, 1.807) is 12.1 Å². The van der Waals surface area contributed by atoms with Gasteiger partial charge in [0.05, 0.1) is 22.3 Å². The van der Waals surface area contributed by atoms with Gasteiger partial charge in [0.2, 0.25) is 0 Å². The van der Waals surface area contributed by atoms with Gasteiger partial charge in [-0.05, 0) is 57.6 Å². The van der Waals surface area contributed by atoms with Gasteiger partial charge < -0.3 is 20.4 Å². The van der Waals surface area contributed by atoms with E-state index in [9.17, 15) is 39.6 Å². The Bertz CT molecular complexity index is 1580. The highest BCUT2D eigenvalue weighted by atomic mass is 16.4. The average Bonchev–Trinajstić information content (AvgIpc) is 2.96. The molecule has 4 N–H and O–H groups in total. The summed E-state index contributed by atoms with van der Waals surface area (Å²) in [7, 11) is 0. The van der Waals surface area contributed by atoms with Crippen molar-refractivity contribution in [2.24, 2.45) is 0 Å². The lowest BCUT2D eigenvalue weighted by atomic mass is 9.76. The topological polar surface area (TPSA) is 149 Å². The highest BCUT2D eigenvalue weighted by Crippen LogP contribution is 2.36. The molecule has 4 aromatic rings. The zero-order valence-corrected chi connectivity index (χ0v) is 23.5. The van der Waals surface area contributed by atoms with Crippen LogP contribution in [0, 0.1) is 0 Å². The summed E-state index contributed by atoms with van der Waals surface area (Å²) < 4.78 is 0. The van der Waals surface area contributed by atoms with Gasteiger partial charge in [0.1, 0.15) is 0 Å². The van der Waals surface area contributed by atoms with Crippen LogP contribution in [-0.4, -0.2) is 44.3 Å². The molecule has 0 aliphatic rings. The van der Waals surface area contributed by atoms with E-state index in [4.69, 9.17) is 0 Å². The molecule has 0 aromatic heterocycles. The number of hydrogen-bond acceptors (Lipinski definition) is 4. The van der Waals surface area contributed by atoms with Crippen molar-refractivity contribution in [3.63, 3.8) is 0 Å². The van der Waals surface area contributed by atoms with Crippen molar-refractivity contribution in [1.29, 1.82) is 0 Å². The van der Waals surface area contributed by atoms with Crippen molar-refractivity contribution in [1.82, 2.24) is 0 Å². The third kappa shape index (κ3) is 5.51. The maximum atomic E-state index is 11.7. The molecular formula is C34H30O8. The predicted molar refractivity (Wildman–Crippen MR) is 157 cm³/mol. The molecule has 8 nitrogen and oxygen atoms in total. The molecular weight excluding hydrogens is 536 g/mol. The van der Waals surface area contributed by atoms with E-state index in [0.29, 0.717) is 11.1 Å². The van der Waals surface area contributed by atoms with Crippen LogP contribution in [0.1, 0.15) is 91.4 Å². The Morgan fingerprint density at radius 1 is 0.405 bits per heavy atom. The Hall–Kier alpha value is -5.24. The van der Waals surface area contributed by atoms with Crippen molar-refractivity contribution >= 4 is 23.9 Å². The fraction of sp³-hybridized carbons (Fsp3) is 0.176. The minimum Gasteiger partial charge on any atom is -0.478 e. The summed E-state index contributed by atoms with van der Waals surface area (Å²) in [4.78, 5) is 46.3. The summed E-state index contributed by atoms with van der Waals surface area (Å²) in [5.74, 6) is -5.19. The molecule has 0 saturated heterocycles. The van der Waals surface area contributed by atoms with Crippen molar-refractivity contribution in [2.75, 3.05) is 0 Å². The minimum absolute atomic E-state index is 0.260. The lowest BCUT2D eigenvalue weighted by molar-refractivity contribution is 0.0651. The number of carboxylic acids is 4. The molecule has 8 heteroatoms. The monoisotopic (exact) mass is 566 g/mol. The first-order valence-corrected chi connectivity index (χ1v) is 13.1. The number of carbonyl (C=O) groups is 4. The van der Waals surface area contributed by atoms with Gasteiger partial charge in [0.25, 0.3) is 0 Å². The molecule has 0 atom stereocenters. The van der Waals surface area contributed by atoms with Crippen LogP contribution in [0.2, 0.25) is 0 Å². The molecule has 0 radical (unpaired) electrons. The quantitative estimate of drug-likeness (QED) is 0.173. The number of rotatable bonds is 9. The third-order valence-electron chi connectivity index (χ3n) is 7.95. The average molecular weight is 567 g/mol. The first-order valence-electron chi connectivity index (χ1n) is 13.1. The molecule has 0 fully saturated rings. The maximum absolute atomic E-state index is 11.7. The fourth-order valence-electron chi connectivity index (χ4n) is 5.08. The molecule has 0 spiro atoms. The smallest absolute Gasteiger partial charge is 0.336 e. The Morgan fingerprint density at radius 2 is 0.667 bits per heavy atom. The van der Waals surface area contributed by atoms with Gasteiger partial charge in [-0.1, -0.05) is 88.4 Å². The zero-order valence-electron chi connectivity index (χ0n) is 23.5.